The molecule has 4 rings (SSSR count). The van der Waals surface area contributed by atoms with Crippen LogP contribution in [0.2, 0.25) is 0 Å². The zero-order valence-electron chi connectivity index (χ0n) is 15.7. The second kappa shape index (κ2) is 6.33. The first-order valence-electron chi connectivity index (χ1n) is 8.91. The normalized spacial score (nSPS) is 20.5. The van der Waals surface area contributed by atoms with Gasteiger partial charge >= 0.3 is 5.97 Å². The molecule has 2 aliphatic rings. The van der Waals surface area contributed by atoms with Crippen LogP contribution in [0.25, 0.3) is 5.57 Å². The molecule has 2 aromatic rings. The lowest BCUT2D eigenvalue weighted by Gasteiger charge is -2.25. The van der Waals surface area contributed by atoms with Gasteiger partial charge in [0.15, 0.2) is 11.5 Å². The average Bonchev–Trinajstić information content (AvgIpc) is 2.88. The standard InChI is InChI=1S/C20H19N5O3/c1-11-21-9-13(10-22-11)12-4-5-14-16(8-12)25(19(28)20(14,2)3)17-7-6-15(18(26)27)23-24-17/h4,6-10,14H,5H2,1-3H3,(H,26,27). The molecule has 1 unspecified atom stereocenters. The Labute approximate surface area is 161 Å². The quantitative estimate of drug-likeness (QED) is 0.875. The summed E-state index contributed by atoms with van der Waals surface area (Å²) in [5, 5.41) is 16.7. The van der Waals surface area contributed by atoms with Gasteiger partial charge in [0, 0.05) is 29.6 Å². The van der Waals surface area contributed by atoms with Crippen molar-refractivity contribution in [2.24, 2.45) is 11.3 Å². The monoisotopic (exact) mass is 377 g/mol. The summed E-state index contributed by atoms with van der Waals surface area (Å²) < 4.78 is 0. The van der Waals surface area contributed by atoms with Gasteiger partial charge in [-0.25, -0.2) is 14.8 Å². The van der Waals surface area contributed by atoms with Gasteiger partial charge in [-0.1, -0.05) is 19.9 Å². The number of hydrogen-bond acceptors (Lipinski definition) is 6. The molecular formula is C20H19N5O3. The van der Waals surface area contributed by atoms with E-state index in [2.05, 4.69) is 26.2 Å². The number of anilines is 1. The zero-order chi connectivity index (χ0) is 20.1. The number of carbonyl (C=O) groups excluding carboxylic acids is 1. The predicted octanol–water partition coefficient (Wildman–Crippen LogP) is 2.63. The van der Waals surface area contributed by atoms with Crippen molar-refractivity contribution in [3.8, 4) is 0 Å². The zero-order valence-corrected chi connectivity index (χ0v) is 15.7. The molecule has 1 saturated heterocycles. The Morgan fingerprint density at radius 1 is 1.21 bits per heavy atom. The van der Waals surface area contributed by atoms with E-state index < -0.39 is 11.4 Å². The SMILES string of the molecule is Cc1ncc(C2=CCC3C(=C2)N(c2ccc(C(=O)O)nn2)C(=O)C3(C)C)cn1. The molecule has 0 aromatic carbocycles. The molecule has 1 aliphatic heterocycles. The third-order valence-electron chi connectivity index (χ3n) is 5.33. The third kappa shape index (κ3) is 2.77. The van der Waals surface area contributed by atoms with Crippen molar-refractivity contribution in [2.45, 2.75) is 27.2 Å². The number of carboxylic acids is 1. The Morgan fingerprint density at radius 3 is 2.54 bits per heavy atom. The fourth-order valence-electron chi connectivity index (χ4n) is 3.66. The second-order valence-electron chi connectivity index (χ2n) is 7.48. The highest BCUT2D eigenvalue weighted by atomic mass is 16.4. The van der Waals surface area contributed by atoms with Crippen LogP contribution in [0.4, 0.5) is 5.82 Å². The number of hydrogen-bond donors (Lipinski definition) is 1. The summed E-state index contributed by atoms with van der Waals surface area (Å²) in [5.74, 6) is -0.241. The molecule has 0 bridgehead atoms. The molecule has 142 valence electrons. The molecule has 8 nitrogen and oxygen atoms in total. The Bertz CT molecular complexity index is 1020. The Morgan fingerprint density at radius 2 is 1.93 bits per heavy atom. The van der Waals surface area contributed by atoms with Crippen LogP contribution in [0.1, 0.15) is 42.1 Å². The van der Waals surface area contributed by atoms with E-state index in [1.54, 1.807) is 17.3 Å². The molecule has 0 saturated carbocycles. The highest BCUT2D eigenvalue weighted by molar-refractivity contribution is 6.04. The van der Waals surface area contributed by atoms with E-state index in [1.165, 1.54) is 12.1 Å². The van der Waals surface area contributed by atoms with E-state index in [4.69, 9.17) is 5.11 Å². The van der Waals surface area contributed by atoms with Gasteiger partial charge in [0.05, 0.1) is 5.41 Å². The van der Waals surface area contributed by atoms with Crippen molar-refractivity contribution in [2.75, 3.05) is 4.90 Å². The maximum absolute atomic E-state index is 13.2. The van der Waals surface area contributed by atoms with E-state index in [-0.39, 0.29) is 17.5 Å². The van der Waals surface area contributed by atoms with Crippen LogP contribution in [0, 0.1) is 18.3 Å². The van der Waals surface area contributed by atoms with Crippen LogP contribution >= 0.6 is 0 Å². The van der Waals surface area contributed by atoms with Gasteiger partial charge in [-0.15, -0.1) is 10.2 Å². The summed E-state index contributed by atoms with van der Waals surface area (Å²) in [6.07, 6.45) is 8.28. The molecule has 1 amide bonds. The maximum Gasteiger partial charge on any atom is 0.356 e. The largest absolute Gasteiger partial charge is 0.476 e. The van der Waals surface area contributed by atoms with Gasteiger partial charge < -0.3 is 5.11 Å². The van der Waals surface area contributed by atoms with Crippen molar-refractivity contribution in [3.63, 3.8) is 0 Å². The number of carboxylic acid groups (broad SMARTS) is 1. The Hall–Kier alpha value is -3.42. The summed E-state index contributed by atoms with van der Waals surface area (Å²) in [5.41, 5.74) is 1.87. The number of nitrogens with zero attached hydrogens (tertiary/aromatic N) is 5. The maximum atomic E-state index is 13.2. The average molecular weight is 377 g/mol. The minimum absolute atomic E-state index is 0.00364. The lowest BCUT2D eigenvalue weighted by atomic mass is 9.75. The first-order valence-corrected chi connectivity index (χ1v) is 8.91. The molecule has 28 heavy (non-hydrogen) atoms. The number of fused-ring (bicyclic) bond motifs is 1. The molecule has 1 N–H and O–H groups in total. The topological polar surface area (TPSA) is 109 Å². The molecule has 1 atom stereocenters. The van der Waals surface area contributed by atoms with Crippen LogP contribution < -0.4 is 4.90 Å². The highest BCUT2D eigenvalue weighted by Gasteiger charge is 2.52. The lowest BCUT2D eigenvalue weighted by molar-refractivity contribution is -0.125. The third-order valence-corrected chi connectivity index (χ3v) is 5.33. The van der Waals surface area contributed by atoms with Gasteiger partial charge in [0.1, 0.15) is 5.82 Å². The summed E-state index contributed by atoms with van der Waals surface area (Å²) in [6, 6.07) is 2.87. The molecular weight excluding hydrogens is 358 g/mol. The van der Waals surface area contributed by atoms with Crippen LogP contribution in [-0.2, 0) is 4.79 Å². The smallest absolute Gasteiger partial charge is 0.356 e. The summed E-state index contributed by atoms with van der Waals surface area (Å²) in [7, 11) is 0. The van der Waals surface area contributed by atoms with Crippen LogP contribution in [-0.4, -0.2) is 37.1 Å². The van der Waals surface area contributed by atoms with Crippen LogP contribution in [0.15, 0.2) is 42.4 Å². The van der Waals surface area contributed by atoms with E-state index >= 15 is 0 Å². The number of carbonyl (C=O) groups is 2. The Balaban J connectivity index is 1.77. The van der Waals surface area contributed by atoms with Gasteiger partial charge in [0.2, 0.25) is 5.91 Å². The van der Waals surface area contributed by atoms with Crippen molar-refractivity contribution >= 4 is 23.3 Å². The van der Waals surface area contributed by atoms with E-state index in [0.717, 1.165) is 16.8 Å². The van der Waals surface area contributed by atoms with Gasteiger partial charge in [-0.2, -0.15) is 0 Å². The van der Waals surface area contributed by atoms with Crippen molar-refractivity contribution in [1.82, 2.24) is 20.2 Å². The van der Waals surface area contributed by atoms with Gasteiger partial charge in [-0.05, 0) is 37.1 Å². The first kappa shape index (κ1) is 18.0. The van der Waals surface area contributed by atoms with E-state index in [1.807, 2.05) is 26.8 Å². The van der Waals surface area contributed by atoms with Crippen LogP contribution in [0.3, 0.4) is 0 Å². The van der Waals surface area contributed by atoms with E-state index in [0.29, 0.717) is 18.1 Å². The predicted molar refractivity (Wildman–Crippen MR) is 101 cm³/mol. The Kier molecular flexibility index (Phi) is 4.06. The van der Waals surface area contributed by atoms with Gasteiger partial charge in [0.25, 0.3) is 0 Å². The van der Waals surface area contributed by atoms with Crippen LogP contribution in [0.5, 0.6) is 0 Å². The molecule has 1 aliphatic carbocycles. The number of aromatic carboxylic acids is 1. The first-order chi connectivity index (χ1) is 13.3. The molecule has 0 radical (unpaired) electrons. The minimum Gasteiger partial charge on any atom is -0.476 e. The molecule has 3 heterocycles. The molecule has 1 fully saturated rings. The fraction of sp³-hybridized carbons (Fsp3) is 0.300. The highest BCUT2D eigenvalue weighted by Crippen LogP contribution is 2.49. The molecule has 8 heteroatoms. The number of rotatable bonds is 3. The number of aromatic nitrogens is 4. The minimum atomic E-state index is -1.16. The lowest BCUT2D eigenvalue weighted by Crippen LogP contribution is -2.32. The molecule has 0 spiro atoms. The van der Waals surface area contributed by atoms with Gasteiger partial charge in [-0.3, -0.25) is 9.69 Å². The number of aryl methyl sites for hydroxylation is 1. The second-order valence-corrected chi connectivity index (χ2v) is 7.48. The van der Waals surface area contributed by atoms with E-state index in [9.17, 15) is 9.59 Å². The number of allylic oxidation sites excluding steroid dienone is 4. The summed E-state index contributed by atoms with van der Waals surface area (Å²) >= 11 is 0. The van der Waals surface area contributed by atoms with Crippen molar-refractivity contribution in [1.29, 1.82) is 0 Å². The number of amides is 1. The fourth-order valence-corrected chi connectivity index (χ4v) is 3.66. The van der Waals surface area contributed by atoms with Crippen molar-refractivity contribution < 1.29 is 14.7 Å². The summed E-state index contributed by atoms with van der Waals surface area (Å²) in [4.78, 5) is 34.2. The molecule has 2 aromatic heterocycles. The summed E-state index contributed by atoms with van der Waals surface area (Å²) in [6.45, 7) is 5.66. The van der Waals surface area contributed by atoms with Crippen molar-refractivity contribution in [3.05, 3.63) is 59.5 Å².